The number of aromatic nitrogens is 1. The summed E-state index contributed by atoms with van der Waals surface area (Å²) >= 11 is 0. The Kier molecular flexibility index (Phi) is 2.93. The van der Waals surface area contributed by atoms with Crippen LogP contribution in [-0.4, -0.2) is 28.3 Å². The SMILES string of the molecule is CC(=O)CN1CCn2c3c(c4cc(C)ccc42)CCC[C@@H]31. The van der Waals surface area contributed by atoms with Crippen LogP contribution >= 0.6 is 0 Å². The topological polar surface area (TPSA) is 25.2 Å². The van der Waals surface area contributed by atoms with E-state index in [2.05, 4.69) is 34.6 Å². The molecule has 2 aliphatic rings. The Bertz CT molecular complexity index is 728. The zero-order valence-electron chi connectivity index (χ0n) is 12.9. The van der Waals surface area contributed by atoms with E-state index in [0.29, 0.717) is 12.6 Å². The molecule has 21 heavy (non-hydrogen) atoms. The molecule has 4 rings (SSSR count). The first-order valence-corrected chi connectivity index (χ1v) is 8.00. The number of rotatable bonds is 2. The monoisotopic (exact) mass is 282 g/mol. The highest BCUT2D eigenvalue weighted by Gasteiger charge is 2.34. The second-order valence-electron chi connectivity index (χ2n) is 6.62. The van der Waals surface area contributed by atoms with Crippen LogP contribution in [0, 0.1) is 6.92 Å². The lowest BCUT2D eigenvalue weighted by molar-refractivity contribution is -0.119. The second kappa shape index (κ2) is 4.70. The number of aryl methyl sites for hydroxylation is 2. The zero-order valence-corrected chi connectivity index (χ0v) is 12.9. The molecule has 1 aliphatic heterocycles. The molecular weight excluding hydrogens is 260 g/mol. The fourth-order valence-corrected chi connectivity index (χ4v) is 4.27. The Balaban J connectivity index is 1.90. The maximum Gasteiger partial charge on any atom is 0.143 e. The van der Waals surface area contributed by atoms with Gasteiger partial charge in [0.25, 0.3) is 0 Å². The average Bonchev–Trinajstić information content (AvgIpc) is 2.77. The number of carbonyl (C=O) groups is 1. The minimum absolute atomic E-state index is 0.280. The Hall–Kier alpha value is -1.61. The van der Waals surface area contributed by atoms with Gasteiger partial charge in [-0.15, -0.1) is 0 Å². The summed E-state index contributed by atoms with van der Waals surface area (Å²) in [5.74, 6) is 0.280. The smallest absolute Gasteiger partial charge is 0.143 e. The molecule has 2 heterocycles. The van der Waals surface area contributed by atoms with Crippen molar-refractivity contribution in [2.45, 2.75) is 45.7 Å². The van der Waals surface area contributed by atoms with E-state index < -0.39 is 0 Å². The summed E-state index contributed by atoms with van der Waals surface area (Å²) in [6, 6.07) is 7.28. The lowest BCUT2D eigenvalue weighted by Crippen LogP contribution is -2.41. The first-order chi connectivity index (χ1) is 10.1. The fourth-order valence-electron chi connectivity index (χ4n) is 4.27. The van der Waals surface area contributed by atoms with Crippen LogP contribution < -0.4 is 0 Å². The number of benzene rings is 1. The van der Waals surface area contributed by atoms with E-state index >= 15 is 0 Å². The molecule has 0 amide bonds. The average molecular weight is 282 g/mol. The third-order valence-electron chi connectivity index (χ3n) is 5.07. The van der Waals surface area contributed by atoms with Crippen LogP contribution in [0.1, 0.15) is 42.6 Å². The highest BCUT2D eigenvalue weighted by Crippen LogP contribution is 2.42. The van der Waals surface area contributed by atoms with E-state index in [1.807, 2.05) is 0 Å². The molecule has 0 spiro atoms. The molecule has 0 saturated carbocycles. The number of hydrogen-bond acceptors (Lipinski definition) is 2. The van der Waals surface area contributed by atoms with E-state index in [0.717, 1.165) is 13.1 Å². The minimum Gasteiger partial charge on any atom is -0.342 e. The van der Waals surface area contributed by atoms with Crippen molar-refractivity contribution >= 4 is 16.7 Å². The van der Waals surface area contributed by atoms with Crippen molar-refractivity contribution in [2.75, 3.05) is 13.1 Å². The summed E-state index contributed by atoms with van der Waals surface area (Å²) in [5.41, 5.74) is 5.76. The van der Waals surface area contributed by atoms with Crippen molar-refractivity contribution < 1.29 is 4.79 Å². The summed E-state index contributed by atoms with van der Waals surface area (Å²) in [6.45, 7) is 6.49. The summed E-state index contributed by atoms with van der Waals surface area (Å²) < 4.78 is 2.52. The third kappa shape index (κ3) is 1.95. The Morgan fingerprint density at radius 1 is 1.33 bits per heavy atom. The molecule has 110 valence electrons. The number of hydrogen-bond donors (Lipinski definition) is 0. The van der Waals surface area contributed by atoms with Crippen molar-refractivity contribution in [3.05, 3.63) is 35.0 Å². The van der Waals surface area contributed by atoms with E-state index in [1.165, 1.54) is 41.4 Å². The molecule has 1 atom stereocenters. The van der Waals surface area contributed by atoms with Crippen molar-refractivity contribution in [1.29, 1.82) is 0 Å². The van der Waals surface area contributed by atoms with Gasteiger partial charge in [0, 0.05) is 29.7 Å². The van der Waals surface area contributed by atoms with Crippen LogP contribution in [0.15, 0.2) is 18.2 Å². The van der Waals surface area contributed by atoms with Gasteiger partial charge in [-0.3, -0.25) is 9.69 Å². The van der Waals surface area contributed by atoms with Gasteiger partial charge in [0.2, 0.25) is 0 Å². The van der Waals surface area contributed by atoms with E-state index in [-0.39, 0.29) is 5.78 Å². The molecule has 0 bridgehead atoms. The van der Waals surface area contributed by atoms with Crippen LogP contribution in [-0.2, 0) is 17.8 Å². The third-order valence-corrected chi connectivity index (χ3v) is 5.07. The van der Waals surface area contributed by atoms with Gasteiger partial charge < -0.3 is 4.57 Å². The number of ketones is 1. The van der Waals surface area contributed by atoms with Gasteiger partial charge in [0.1, 0.15) is 5.78 Å². The highest BCUT2D eigenvalue weighted by atomic mass is 16.1. The molecule has 2 aromatic rings. The summed E-state index contributed by atoms with van der Waals surface area (Å²) in [6.07, 6.45) is 3.61. The molecule has 3 nitrogen and oxygen atoms in total. The van der Waals surface area contributed by atoms with Crippen molar-refractivity contribution in [3.8, 4) is 0 Å². The number of carbonyl (C=O) groups excluding carboxylic acids is 1. The maximum atomic E-state index is 11.6. The molecule has 0 N–H and O–H groups in total. The predicted molar refractivity (Wildman–Crippen MR) is 84.6 cm³/mol. The van der Waals surface area contributed by atoms with Gasteiger partial charge in [-0.1, -0.05) is 11.6 Å². The van der Waals surface area contributed by atoms with Gasteiger partial charge >= 0.3 is 0 Å². The lowest BCUT2D eigenvalue weighted by Gasteiger charge is -2.39. The first kappa shape index (κ1) is 13.1. The van der Waals surface area contributed by atoms with Crippen LogP contribution in [0.2, 0.25) is 0 Å². The maximum absolute atomic E-state index is 11.6. The highest BCUT2D eigenvalue weighted by molar-refractivity contribution is 5.87. The largest absolute Gasteiger partial charge is 0.342 e. The summed E-state index contributed by atoms with van der Waals surface area (Å²) in [4.78, 5) is 14.0. The van der Waals surface area contributed by atoms with Crippen molar-refractivity contribution in [1.82, 2.24) is 9.47 Å². The molecule has 1 aliphatic carbocycles. The van der Waals surface area contributed by atoms with E-state index in [4.69, 9.17) is 0 Å². The number of fused-ring (bicyclic) bond motifs is 3. The van der Waals surface area contributed by atoms with Gasteiger partial charge in [-0.2, -0.15) is 0 Å². The Morgan fingerprint density at radius 2 is 2.19 bits per heavy atom. The number of Topliss-reactive ketones (excluding diaryl/α,β-unsaturated/α-hetero) is 1. The van der Waals surface area contributed by atoms with Gasteiger partial charge in [0.15, 0.2) is 0 Å². The quantitative estimate of drug-likeness (QED) is 0.845. The standard InChI is InChI=1S/C18H22N2O/c1-12-6-7-16-15(10-12)14-4-3-5-17-18(14)20(16)9-8-19(17)11-13(2)21/h6-7,10,17H,3-5,8-9,11H2,1-2H3/t17-/m0/s1. The molecule has 3 heteroatoms. The molecule has 1 aromatic carbocycles. The lowest BCUT2D eigenvalue weighted by atomic mass is 9.89. The van der Waals surface area contributed by atoms with Crippen molar-refractivity contribution in [2.24, 2.45) is 0 Å². The van der Waals surface area contributed by atoms with Gasteiger partial charge in [0.05, 0.1) is 12.6 Å². The first-order valence-electron chi connectivity index (χ1n) is 8.00. The molecule has 1 aromatic heterocycles. The molecule has 0 fully saturated rings. The summed E-state index contributed by atoms with van der Waals surface area (Å²) in [5, 5.41) is 1.44. The van der Waals surface area contributed by atoms with Crippen LogP contribution in [0.25, 0.3) is 10.9 Å². The van der Waals surface area contributed by atoms with Crippen LogP contribution in [0.3, 0.4) is 0 Å². The van der Waals surface area contributed by atoms with Crippen LogP contribution in [0.5, 0.6) is 0 Å². The van der Waals surface area contributed by atoms with Crippen molar-refractivity contribution in [3.63, 3.8) is 0 Å². The van der Waals surface area contributed by atoms with E-state index in [1.54, 1.807) is 12.5 Å². The zero-order chi connectivity index (χ0) is 14.6. The second-order valence-corrected chi connectivity index (χ2v) is 6.62. The Morgan fingerprint density at radius 3 is 3.00 bits per heavy atom. The summed E-state index contributed by atoms with van der Waals surface area (Å²) in [7, 11) is 0. The fraction of sp³-hybridized carbons (Fsp3) is 0.500. The Labute approximate surface area is 125 Å². The predicted octanol–water partition coefficient (Wildman–Crippen LogP) is 3.23. The normalized spacial score (nSPS) is 21.5. The molecule has 0 unspecified atom stereocenters. The van der Waals surface area contributed by atoms with E-state index in [9.17, 15) is 4.79 Å². The molecule has 0 saturated heterocycles. The number of nitrogens with zero attached hydrogens (tertiary/aromatic N) is 2. The van der Waals surface area contributed by atoms with Gasteiger partial charge in [-0.05, 0) is 50.8 Å². The molecule has 0 radical (unpaired) electrons. The minimum atomic E-state index is 0.280. The molecular formula is C18H22N2O. The van der Waals surface area contributed by atoms with Gasteiger partial charge in [-0.25, -0.2) is 0 Å². The van der Waals surface area contributed by atoms with Crippen LogP contribution in [0.4, 0.5) is 0 Å².